The van der Waals surface area contributed by atoms with Crippen molar-refractivity contribution in [2.75, 3.05) is 71.6 Å². The van der Waals surface area contributed by atoms with Gasteiger partial charge in [-0.3, -0.25) is 10.1 Å². The van der Waals surface area contributed by atoms with E-state index in [1.807, 2.05) is 74.2 Å². The lowest BCUT2D eigenvalue weighted by atomic mass is 10.1. The van der Waals surface area contributed by atoms with Crippen molar-refractivity contribution in [3.8, 4) is 0 Å². The third kappa shape index (κ3) is 4.80. The summed E-state index contributed by atoms with van der Waals surface area (Å²) >= 11 is 0. The summed E-state index contributed by atoms with van der Waals surface area (Å²) < 4.78 is 0. The minimum atomic E-state index is -0.334. The number of nitrogens with zero attached hydrogens (tertiary/aromatic N) is 5. The summed E-state index contributed by atoms with van der Waals surface area (Å²) in [5.41, 5.74) is 1.31. The third-order valence-electron chi connectivity index (χ3n) is 4.14. The molecule has 1 N–H and O–H groups in total. The first-order valence-electron chi connectivity index (χ1n) is 8.63. The van der Waals surface area contributed by atoms with E-state index in [1.165, 1.54) is 0 Å². The van der Waals surface area contributed by atoms with Gasteiger partial charge in [-0.15, -0.1) is 0 Å². The van der Waals surface area contributed by atoms with E-state index in [-0.39, 0.29) is 10.6 Å². The van der Waals surface area contributed by atoms with Gasteiger partial charge in [0.1, 0.15) is 5.69 Å². The van der Waals surface area contributed by atoms with Gasteiger partial charge < -0.3 is 20.0 Å². The predicted molar refractivity (Wildman–Crippen MR) is 107 cm³/mol. The summed E-state index contributed by atoms with van der Waals surface area (Å²) in [5, 5.41) is 15.9. The molecule has 0 aliphatic carbocycles. The molecule has 0 fully saturated rings. The van der Waals surface area contributed by atoms with Crippen molar-refractivity contribution >= 4 is 28.1 Å². The number of likely N-dealkylation sites (N-methyl/N-ethyl adjacent to an activating group) is 3. The highest BCUT2D eigenvalue weighted by molar-refractivity contribution is 5.99. The molecule has 0 aliphatic heterocycles. The van der Waals surface area contributed by atoms with Gasteiger partial charge in [0.2, 0.25) is 5.82 Å². The standard InChI is InChI=1S/C18H28N6O2/c1-21(2)11-10-19-16-14-8-6-7-9-15(14)20-18(17(16)24(25)26)23(5)13-12-22(3)4/h6-9H,10-13H2,1-5H3,(H,19,20). The van der Waals surface area contributed by atoms with Gasteiger partial charge in [-0.1, -0.05) is 18.2 Å². The minimum Gasteiger partial charge on any atom is -0.378 e. The van der Waals surface area contributed by atoms with Crippen molar-refractivity contribution in [1.82, 2.24) is 14.8 Å². The van der Waals surface area contributed by atoms with Gasteiger partial charge >= 0.3 is 5.69 Å². The largest absolute Gasteiger partial charge is 0.378 e. The number of pyridine rings is 1. The minimum absolute atomic E-state index is 0.0312. The average molecular weight is 360 g/mol. The van der Waals surface area contributed by atoms with Crippen LogP contribution in [-0.4, -0.2) is 81.1 Å². The van der Waals surface area contributed by atoms with Crippen LogP contribution < -0.4 is 10.2 Å². The first-order chi connectivity index (χ1) is 12.3. The second-order valence-electron chi connectivity index (χ2n) is 6.89. The molecule has 2 rings (SSSR count). The molecule has 26 heavy (non-hydrogen) atoms. The second-order valence-corrected chi connectivity index (χ2v) is 6.89. The number of rotatable bonds is 9. The molecule has 1 aromatic heterocycles. The van der Waals surface area contributed by atoms with Crippen molar-refractivity contribution in [2.45, 2.75) is 0 Å². The molecular formula is C18H28N6O2. The third-order valence-corrected chi connectivity index (χ3v) is 4.14. The molecule has 8 heteroatoms. The highest BCUT2D eigenvalue weighted by Gasteiger charge is 2.27. The summed E-state index contributed by atoms with van der Waals surface area (Å²) in [6.45, 7) is 2.82. The second kappa shape index (κ2) is 8.77. The molecule has 0 bridgehead atoms. The molecule has 0 atom stereocenters. The van der Waals surface area contributed by atoms with E-state index < -0.39 is 0 Å². The molecular weight excluding hydrogens is 332 g/mol. The molecule has 2 aromatic rings. The van der Waals surface area contributed by atoms with Crippen molar-refractivity contribution < 1.29 is 4.92 Å². The van der Waals surface area contributed by atoms with Gasteiger partial charge in [0.15, 0.2) is 0 Å². The Kier molecular flexibility index (Phi) is 6.70. The predicted octanol–water partition coefficient (Wildman–Crippen LogP) is 2.11. The molecule has 0 saturated carbocycles. The zero-order valence-corrected chi connectivity index (χ0v) is 16.2. The number of fused-ring (bicyclic) bond motifs is 1. The Bertz CT molecular complexity index is 763. The van der Waals surface area contributed by atoms with Crippen LogP contribution in [0.15, 0.2) is 24.3 Å². The van der Waals surface area contributed by atoms with Crippen LogP contribution in [0.25, 0.3) is 10.9 Å². The lowest BCUT2D eigenvalue weighted by Gasteiger charge is -2.22. The van der Waals surface area contributed by atoms with Crippen molar-refractivity contribution in [2.24, 2.45) is 0 Å². The first-order valence-corrected chi connectivity index (χ1v) is 8.63. The van der Waals surface area contributed by atoms with Crippen molar-refractivity contribution in [1.29, 1.82) is 0 Å². The summed E-state index contributed by atoms with van der Waals surface area (Å²) in [6.07, 6.45) is 0. The van der Waals surface area contributed by atoms with E-state index >= 15 is 0 Å². The van der Waals surface area contributed by atoms with Gasteiger partial charge in [0, 0.05) is 38.6 Å². The van der Waals surface area contributed by atoms with Crippen LogP contribution in [0.3, 0.4) is 0 Å². The van der Waals surface area contributed by atoms with Gasteiger partial charge in [0.05, 0.1) is 10.4 Å². The average Bonchev–Trinajstić information content (AvgIpc) is 2.58. The maximum atomic E-state index is 11.9. The summed E-state index contributed by atoms with van der Waals surface area (Å²) in [7, 11) is 9.74. The quantitative estimate of drug-likeness (QED) is 0.542. The smallest absolute Gasteiger partial charge is 0.335 e. The number of hydrogen-bond acceptors (Lipinski definition) is 7. The molecule has 0 saturated heterocycles. The molecule has 8 nitrogen and oxygen atoms in total. The van der Waals surface area contributed by atoms with E-state index in [4.69, 9.17) is 0 Å². The zero-order valence-electron chi connectivity index (χ0n) is 16.2. The fourth-order valence-corrected chi connectivity index (χ4v) is 2.67. The number of aromatic nitrogens is 1. The van der Waals surface area contributed by atoms with E-state index in [9.17, 15) is 10.1 Å². The summed E-state index contributed by atoms with van der Waals surface area (Å²) in [6, 6.07) is 7.53. The zero-order chi connectivity index (χ0) is 19.3. The SMILES string of the molecule is CN(C)CCNc1c([N+](=O)[O-])c(N(C)CCN(C)C)nc2ccccc12. The van der Waals surface area contributed by atoms with Gasteiger partial charge in [-0.05, 0) is 34.3 Å². The topological polar surface area (TPSA) is 77.8 Å². The monoisotopic (exact) mass is 360 g/mol. The molecule has 0 amide bonds. The fourth-order valence-electron chi connectivity index (χ4n) is 2.67. The number of benzene rings is 1. The lowest BCUT2D eigenvalue weighted by molar-refractivity contribution is -0.383. The Hall–Kier alpha value is -2.45. The van der Waals surface area contributed by atoms with E-state index in [0.717, 1.165) is 24.0 Å². The van der Waals surface area contributed by atoms with E-state index in [0.29, 0.717) is 24.6 Å². The van der Waals surface area contributed by atoms with Crippen LogP contribution in [0.1, 0.15) is 0 Å². The van der Waals surface area contributed by atoms with Crippen LogP contribution in [0.5, 0.6) is 0 Å². The number of para-hydroxylation sites is 1. The maximum Gasteiger partial charge on any atom is 0.335 e. The normalized spacial score (nSPS) is 11.3. The van der Waals surface area contributed by atoms with Crippen LogP contribution in [0.2, 0.25) is 0 Å². The van der Waals surface area contributed by atoms with Crippen molar-refractivity contribution in [3.05, 3.63) is 34.4 Å². The number of nitro groups is 1. The van der Waals surface area contributed by atoms with Gasteiger partial charge in [-0.2, -0.15) is 0 Å². The van der Waals surface area contributed by atoms with Gasteiger partial charge in [-0.25, -0.2) is 4.98 Å². The number of anilines is 2. The molecule has 1 aromatic carbocycles. The molecule has 0 spiro atoms. The van der Waals surface area contributed by atoms with Crippen LogP contribution in [0, 0.1) is 10.1 Å². The Labute approximate surface area is 154 Å². The Morgan fingerprint density at radius 3 is 2.31 bits per heavy atom. The molecule has 0 unspecified atom stereocenters. The van der Waals surface area contributed by atoms with Gasteiger partial charge in [0.25, 0.3) is 0 Å². The summed E-state index contributed by atoms with van der Waals surface area (Å²) in [5.74, 6) is 0.392. The Morgan fingerprint density at radius 1 is 1.04 bits per heavy atom. The number of nitrogens with one attached hydrogen (secondary N) is 1. The molecule has 0 aliphatic rings. The van der Waals surface area contributed by atoms with Crippen LogP contribution in [0.4, 0.5) is 17.2 Å². The van der Waals surface area contributed by atoms with Crippen LogP contribution >= 0.6 is 0 Å². The highest BCUT2D eigenvalue weighted by Crippen LogP contribution is 2.39. The lowest BCUT2D eigenvalue weighted by Crippen LogP contribution is -2.30. The Morgan fingerprint density at radius 2 is 1.69 bits per heavy atom. The van der Waals surface area contributed by atoms with E-state index in [1.54, 1.807) is 0 Å². The fraction of sp³-hybridized carbons (Fsp3) is 0.500. The van der Waals surface area contributed by atoms with Crippen LogP contribution in [-0.2, 0) is 0 Å². The summed E-state index contributed by atoms with van der Waals surface area (Å²) in [4.78, 5) is 22.1. The van der Waals surface area contributed by atoms with Crippen molar-refractivity contribution in [3.63, 3.8) is 0 Å². The molecule has 0 radical (unpaired) electrons. The first kappa shape index (κ1) is 19.9. The maximum absolute atomic E-state index is 11.9. The van der Waals surface area contributed by atoms with E-state index in [2.05, 4.69) is 10.3 Å². The molecule has 142 valence electrons. The number of hydrogen-bond donors (Lipinski definition) is 1. The Balaban J connectivity index is 2.53. The molecule has 1 heterocycles. The highest BCUT2D eigenvalue weighted by atomic mass is 16.6.